The van der Waals surface area contributed by atoms with Crippen molar-refractivity contribution in [3.8, 4) is 0 Å². The Hall–Kier alpha value is -1.24. The highest BCUT2D eigenvalue weighted by molar-refractivity contribution is 5.57. The van der Waals surface area contributed by atoms with E-state index in [1.165, 1.54) is 36.0 Å². The molecule has 0 atom stereocenters. The summed E-state index contributed by atoms with van der Waals surface area (Å²) < 4.78 is 0. The first-order valence-corrected chi connectivity index (χ1v) is 6.23. The smallest absolute Gasteiger partial charge is 0.00549 e. The van der Waals surface area contributed by atoms with Crippen molar-refractivity contribution < 1.29 is 0 Å². The highest BCUT2D eigenvalue weighted by Crippen LogP contribution is 2.19. The molecule has 0 fully saturated rings. The fraction of sp³-hybridized carbons (Fsp3) is 0.467. The first-order valence-electron chi connectivity index (χ1n) is 6.23. The Balaban J connectivity index is 3.05. The average Bonchev–Trinajstić information content (AvgIpc) is 2.25. The normalized spacial score (nSPS) is 11.8. The first-order chi connectivity index (χ1) is 7.69. The topological polar surface area (TPSA) is 26.0 Å². The molecule has 0 saturated carbocycles. The standard InChI is InChI=1S/C15H23N/c1-4-6-8-13-9-7-10-14(11-12(3)16)15(13)5-2/h7,9-11H,4-6,8,16H2,1-3H3/b12-11-. The molecule has 1 aromatic rings. The summed E-state index contributed by atoms with van der Waals surface area (Å²) in [5, 5.41) is 0. The second kappa shape index (κ2) is 6.37. The number of benzene rings is 1. The van der Waals surface area contributed by atoms with Crippen molar-refractivity contribution >= 4 is 6.08 Å². The Kier molecular flexibility index (Phi) is 5.10. The van der Waals surface area contributed by atoms with Gasteiger partial charge in [0.1, 0.15) is 0 Å². The van der Waals surface area contributed by atoms with Crippen molar-refractivity contribution in [2.75, 3.05) is 0 Å². The van der Waals surface area contributed by atoms with Gasteiger partial charge < -0.3 is 5.73 Å². The highest BCUT2D eigenvalue weighted by atomic mass is 14.5. The van der Waals surface area contributed by atoms with E-state index in [0.717, 1.165) is 12.1 Å². The zero-order chi connectivity index (χ0) is 12.0. The molecule has 0 saturated heterocycles. The van der Waals surface area contributed by atoms with Crippen LogP contribution in [-0.4, -0.2) is 0 Å². The summed E-state index contributed by atoms with van der Waals surface area (Å²) in [5.41, 5.74) is 10.9. The molecule has 0 radical (unpaired) electrons. The zero-order valence-corrected chi connectivity index (χ0v) is 10.7. The van der Waals surface area contributed by atoms with Gasteiger partial charge in [0.2, 0.25) is 0 Å². The van der Waals surface area contributed by atoms with Crippen LogP contribution in [0.1, 0.15) is 50.3 Å². The van der Waals surface area contributed by atoms with Crippen LogP contribution in [0.3, 0.4) is 0 Å². The van der Waals surface area contributed by atoms with E-state index in [4.69, 9.17) is 5.73 Å². The molecular weight excluding hydrogens is 194 g/mol. The van der Waals surface area contributed by atoms with E-state index in [-0.39, 0.29) is 0 Å². The van der Waals surface area contributed by atoms with Crippen LogP contribution in [0.2, 0.25) is 0 Å². The van der Waals surface area contributed by atoms with Gasteiger partial charge in [0, 0.05) is 5.70 Å². The minimum atomic E-state index is 0.877. The molecule has 1 aromatic carbocycles. The van der Waals surface area contributed by atoms with Gasteiger partial charge in [-0.2, -0.15) is 0 Å². The van der Waals surface area contributed by atoms with Crippen LogP contribution in [-0.2, 0) is 12.8 Å². The lowest BCUT2D eigenvalue weighted by Gasteiger charge is -2.11. The summed E-state index contributed by atoms with van der Waals surface area (Å²) in [6.07, 6.45) is 6.86. The SMILES string of the molecule is CCCCc1cccc(/C=C(/C)N)c1CC. The van der Waals surface area contributed by atoms with Gasteiger partial charge in [0.15, 0.2) is 0 Å². The number of rotatable bonds is 5. The predicted molar refractivity (Wildman–Crippen MR) is 72.3 cm³/mol. The van der Waals surface area contributed by atoms with E-state index < -0.39 is 0 Å². The van der Waals surface area contributed by atoms with Crippen LogP contribution >= 0.6 is 0 Å². The first kappa shape index (κ1) is 12.8. The second-order valence-corrected chi connectivity index (χ2v) is 4.33. The molecule has 0 aliphatic rings. The summed E-state index contributed by atoms with van der Waals surface area (Å²) in [5.74, 6) is 0. The van der Waals surface area contributed by atoms with Crippen LogP contribution in [0.25, 0.3) is 6.08 Å². The fourth-order valence-electron chi connectivity index (χ4n) is 2.07. The number of unbranched alkanes of at least 4 members (excludes halogenated alkanes) is 1. The van der Waals surface area contributed by atoms with Crippen molar-refractivity contribution in [1.29, 1.82) is 0 Å². The van der Waals surface area contributed by atoms with E-state index in [2.05, 4.69) is 38.1 Å². The number of nitrogens with two attached hydrogens (primary N) is 1. The van der Waals surface area contributed by atoms with Gasteiger partial charge in [0.25, 0.3) is 0 Å². The van der Waals surface area contributed by atoms with Gasteiger partial charge in [0.05, 0.1) is 0 Å². The minimum absolute atomic E-state index is 0.877. The molecule has 0 heterocycles. The number of hydrogen-bond donors (Lipinski definition) is 1. The van der Waals surface area contributed by atoms with Crippen molar-refractivity contribution in [3.05, 3.63) is 40.6 Å². The van der Waals surface area contributed by atoms with Crippen molar-refractivity contribution in [2.24, 2.45) is 5.73 Å². The van der Waals surface area contributed by atoms with E-state index >= 15 is 0 Å². The molecule has 0 aromatic heterocycles. The molecule has 88 valence electrons. The maximum Gasteiger partial charge on any atom is 0.00549 e. The van der Waals surface area contributed by atoms with Gasteiger partial charge in [-0.1, -0.05) is 38.5 Å². The molecule has 0 bridgehead atoms. The Bertz CT molecular complexity index is 360. The van der Waals surface area contributed by atoms with Gasteiger partial charge in [-0.3, -0.25) is 0 Å². The van der Waals surface area contributed by atoms with Crippen LogP contribution < -0.4 is 5.73 Å². The van der Waals surface area contributed by atoms with Crippen LogP contribution in [0, 0.1) is 0 Å². The van der Waals surface area contributed by atoms with Crippen LogP contribution in [0.4, 0.5) is 0 Å². The predicted octanol–water partition coefficient (Wildman–Crippen LogP) is 3.91. The van der Waals surface area contributed by atoms with Gasteiger partial charge in [-0.15, -0.1) is 0 Å². The molecule has 0 unspecified atom stereocenters. The maximum atomic E-state index is 5.76. The quantitative estimate of drug-likeness (QED) is 0.795. The average molecular weight is 217 g/mol. The third-order valence-corrected chi connectivity index (χ3v) is 2.85. The van der Waals surface area contributed by atoms with Gasteiger partial charge in [-0.05, 0) is 49.0 Å². The van der Waals surface area contributed by atoms with Crippen LogP contribution in [0.5, 0.6) is 0 Å². The Morgan fingerprint density at radius 1 is 1.31 bits per heavy atom. The fourth-order valence-corrected chi connectivity index (χ4v) is 2.07. The third-order valence-electron chi connectivity index (χ3n) is 2.85. The van der Waals surface area contributed by atoms with Gasteiger partial charge in [-0.25, -0.2) is 0 Å². The van der Waals surface area contributed by atoms with Gasteiger partial charge >= 0.3 is 0 Å². The molecule has 0 amide bonds. The molecule has 0 aliphatic heterocycles. The Morgan fingerprint density at radius 3 is 2.62 bits per heavy atom. The molecular formula is C15H23N. The number of hydrogen-bond acceptors (Lipinski definition) is 1. The maximum absolute atomic E-state index is 5.76. The molecule has 16 heavy (non-hydrogen) atoms. The summed E-state index contributed by atoms with van der Waals surface area (Å²) in [6, 6.07) is 6.54. The minimum Gasteiger partial charge on any atom is -0.402 e. The Labute approximate surface area is 99.4 Å². The zero-order valence-electron chi connectivity index (χ0n) is 10.7. The van der Waals surface area contributed by atoms with Crippen molar-refractivity contribution in [1.82, 2.24) is 0 Å². The summed E-state index contributed by atoms with van der Waals surface area (Å²) in [4.78, 5) is 0. The summed E-state index contributed by atoms with van der Waals surface area (Å²) in [7, 11) is 0. The molecule has 2 N–H and O–H groups in total. The van der Waals surface area contributed by atoms with Crippen LogP contribution in [0.15, 0.2) is 23.9 Å². The molecule has 1 rings (SSSR count). The number of allylic oxidation sites excluding steroid dienone is 1. The van der Waals surface area contributed by atoms with E-state index in [0.29, 0.717) is 0 Å². The third kappa shape index (κ3) is 3.41. The number of aryl methyl sites for hydroxylation is 1. The lowest BCUT2D eigenvalue weighted by molar-refractivity contribution is 0.787. The summed E-state index contributed by atoms with van der Waals surface area (Å²) in [6.45, 7) is 6.39. The molecule has 0 aliphatic carbocycles. The van der Waals surface area contributed by atoms with Crippen molar-refractivity contribution in [3.63, 3.8) is 0 Å². The summed E-state index contributed by atoms with van der Waals surface area (Å²) >= 11 is 0. The lowest BCUT2D eigenvalue weighted by atomic mass is 9.95. The molecule has 0 spiro atoms. The monoisotopic (exact) mass is 217 g/mol. The second-order valence-electron chi connectivity index (χ2n) is 4.33. The van der Waals surface area contributed by atoms with E-state index in [9.17, 15) is 0 Å². The highest BCUT2D eigenvalue weighted by Gasteiger charge is 2.04. The largest absolute Gasteiger partial charge is 0.402 e. The van der Waals surface area contributed by atoms with E-state index in [1.54, 1.807) is 0 Å². The molecule has 1 nitrogen and oxygen atoms in total. The van der Waals surface area contributed by atoms with Crippen molar-refractivity contribution in [2.45, 2.75) is 46.5 Å². The van der Waals surface area contributed by atoms with E-state index in [1.807, 2.05) is 6.92 Å². The Morgan fingerprint density at radius 2 is 2.06 bits per heavy atom. The molecule has 1 heteroatoms. The lowest BCUT2D eigenvalue weighted by Crippen LogP contribution is -1.98.